The number of hydrogen-bond donors (Lipinski definition) is 1. The maximum atomic E-state index is 11.0. The van der Waals surface area contributed by atoms with Gasteiger partial charge in [-0.3, -0.25) is 4.79 Å². The molecule has 0 saturated carbocycles. The van der Waals surface area contributed by atoms with Gasteiger partial charge in [-0.15, -0.1) is 0 Å². The summed E-state index contributed by atoms with van der Waals surface area (Å²) in [5.41, 5.74) is 2.46. The Labute approximate surface area is 80.7 Å². The Balaban J connectivity index is 2.58. The van der Waals surface area contributed by atoms with E-state index in [4.69, 9.17) is 0 Å². The lowest BCUT2D eigenvalue weighted by molar-refractivity contribution is 1.12. The van der Waals surface area contributed by atoms with Crippen molar-refractivity contribution in [3.63, 3.8) is 0 Å². The van der Waals surface area contributed by atoms with E-state index in [2.05, 4.69) is 15.0 Å². The number of H-pyrrole nitrogens is 1. The number of nitrogens with one attached hydrogen (secondary N) is 1. The molecular weight excluding hydrogens is 178 g/mol. The maximum absolute atomic E-state index is 11.0. The van der Waals surface area contributed by atoms with Gasteiger partial charge in [-0.1, -0.05) is 0 Å². The summed E-state index contributed by atoms with van der Waals surface area (Å²) in [6.45, 7) is 1.85. The van der Waals surface area contributed by atoms with Crippen molar-refractivity contribution in [1.82, 2.24) is 15.0 Å². The lowest BCUT2D eigenvalue weighted by Gasteiger charge is -2.02. The first-order chi connectivity index (χ1) is 6.77. The quantitative estimate of drug-likeness (QED) is 0.728. The van der Waals surface area contributed by atoms with Crippen LogP contribution >= 0.6 is 0 Å². The van der Waals surface area contributed by atoms with E-state index in [0.29, 0.717) is 0 Å². The first-order valence-corrected chi connectivity index (χ1v) is 4.24. The van der Waals surface area contributed by atoms with Crippen molar-refractivity contribution in [3.05, 3.63) is 46.8 Å². The third-order valence-corrected chi connectivity index (χ3v) is 1.97. The molecule has 0 aliphatic carbocycles. The largest absolute Gasteiger partial charge is 0.326 e. The molecule has 0 aliphatic heterocycles. The van der Waals surface area contributed by atoms with E-state index in [0.717, 1.165) is 17.0 Å². The fourth-order valence-electron chi connectivity index (χ4n) is 1.31. The molecule has 0 atom stereocenters. The van der Waals surface area contributed by atoms with Crippen molar-refractivity contribution < 1.29 is 0 Å². The summed E-state index contributed by atoms with van der Waals surface area (Å²) in [5, 5.41) is 0. The van der Waals surface area contributed by atoms with Crippen molar-refractivity contribution in [2.24, 2.45) is 0 Å². The summed E-state index contributed by atoms with van der Waals surface area (Å²) in [6.07, 6.45) is 3.16. The van der Waals surface area contributed by atoms with Gasteiger partial charge in [0.05, 0.1) is 5.69 Å². The normalized spacial score (nSPS) is 10.1. The fourth-order valence-corrected chi connectivity index (χ4v) is 1.31. The first-order valence-electron chi connectivity index (χ1n) is 4.24. The Morgan fingerprint density at radius 2 is 2.14 bits per heavy atom. The first kappa shape index (κ1) is 8.62. The zero-order valence-corrected chi connectivity index (χ0v) is 7.69. The van der Waals surface area contributed by atoms with Crippen LogP contribution < -0.4 is 5.56 Å². The summed E-state index contributed by atoms with van der Waals surface area (Å²) < 4.78 is 0. The predicted octanol–water partition coefficient (Wildman–Crippen LogP) is 1.14. The van der Waals surface area contributed by atoms with Crippen LogP contribution in [0.5, 0.6) is 0 Å². The second kappa shape index (κ2) is 3.41. The van der Waals surface area contributed by atoms with Crippen molar-refractivity contribution >= 4 is 0 Å². The van der Waals surface area contributed by atoms with Gasteiger partial charge >= 0.3 is 0 Å². The molecule has 2 aromatic heterocycles. The number of aryl methyl sites for hydroxylation is 1. The van der Waals surface area contributed by atoms with Crippen molar-refractivity contribution in [3.8, 4) is 11.3 Å². The molecule has 0 amide bonds. The average Bonchev–Trinajstić information content (AvgIpc) is 2.19. The Hall–Kier alpha value is -1.97. The standard InChI is InChI=1S/C10H9N3O/c1-7-8(2-3-10(14)13-7)9-4-5-11-6-12-9/h2-6H,1H3,(H,13,14). The average molecular weight is 187 g/mol. The molecule has 14 heavy (non-hydrogen) atoms. The van der Waals surface area contributed by atoms with E-state index in [1.165, 1.54) is 12.4 Å². The molecule has 2 rings (SSSR count). The topological polar surface area (TPSA) is 58.6 Å². The van der Waals surface area contributed by atoms with E-state index in [9.17, 15) is 4.79 Å². The van der Waals surface area contributed by atoms with Gasteiger partial charge in [0.15, 0.2) is 0 Å². The zero-order chi connectivity index (χ0) is 9.97. The van der Waals surface area contributed by atoms with E-state index in [1.807, 2.05) is 6.92 Å². The van der Waals surface area contributed by atoms with Crippen LogP contribution in [0.3, 0.4) is 0 Å². The summed E-state index contributed by atoms with van der Waals surface area (Å²) in [6, 6.07) is 5.06. The minimum Gasteiger partial charge on any atom is -0.326 e. The Morgan fingerprint density at radius 1 is 1.29 bits per heavy atom. The molecular formula is C10H9N3O. The lowest BCUT2D eigenvalue weighted by atomic mass is 10.1. The Morgan fingerprint density at radius 3 is 2.79 bits per heavy atom. The van der Waals surface area contributed by atoms with E-state index < -0.39 is 0 Å². The van der Waals surface area contributed by atoms with Crippen LogP contribution in [-0.4, -0.2) is 15.0 Å². The second-order valence-electron chi connectivity index (χ2n) is 2.96. The SMILES string of the molecule is Cc1[nH]c(=O)ccc1-c1ccncn1. The van der Waals surface area contributed by atoms with Gasteiger partial charge in [0.1, 0.15) is 6.33 Å². The van der Waals surface area contributed by atoms with Crippen LogP contribution in [0.1, 0.15) is 5.69 Å². The van der Waals surface area contributed by atoms with Gasteiger partial charge < -0.3 is 4.98 Å². The predicted molar refractivity (Wildman–Crippen MR) is 52.8 cm³/mol. The van der Waals surface area contributed by atoms with Crippen LogP contribution in [0.25, 0.3) is 11.3 Å². The smallest absolute Gasteiger partial charge is 0.248 e. The molecule has 0 radical (unpaired) electrons. The number of aromatic amines is 1. The van der Waals surface area contributed by atoms with Gasteiger partial charge in [-0.05, 0) is 19.1 Å². The monoisotopic (exact) mass is 187 g/mol. The number of aromatic nitrogens is 3. The maximum Gasteiger partial charge on any atom is 0.248 e. The van der Waals surface area contributed by atoms with Crippen LogP contribution in [0.2, 0.25) is 0 Å². The Bertz CT molecular complexity index is 490. The molecule has 70 valence electrons. The van der Waals surface area contributed by atoms with Crippen LogP contribution in [0, 0.1) is 6.92 Å². The third-order valence-electron chi connectivity index (χ3n) is 1.97. The number of nitrogens with zero attached hydrogens (tertiary/aromatic N) is 2. The molecule has 0 spiro atoms. The summed E-state index contributed by atoms with van der Waals surface area (Å²) in [5.74, 6) is 0. The minimum absolute atomic E-state index is 0.0969. The van der Waals surface area contributed by atoms with Crippen molar-refractivity contribution in [2.75, 3.05) is 0 Å². The molecule has 0 aliphatic rings. The highest BCUT2D eigenvalue weighted by molar-refractivity contribution is 5.60. The summed E-state index contributed by atoms with van der Waals surface area (Å²) >= 11 is 0. The van der Waals surface area contributed by atoms with Gasteiger partial charge in [0.2, 0.25) is 5.56 Å². The lowest BCUT2D eigenvalue weighted by Crippen LogP contribution is -2.05. The molecule has 0 fully saturated rings. The Kier molecular flexibility index (Phi) is 2.10. The molecule has 0 bridgehead atoms. The molecule has 2 heterocycles. The highest BCUT2D eigenvalue weighted by atomic mass is 16.1. The van der Waals surface area contributed by atoms with Crippen LogP contribution in [0.4, 0.5) is 0 Å². The fraction of sp³-hybridized carbons (Fsp3) is 0.100. The minimum atomic E-state index is -0.0969. The molecule has 1 N–H and O–H groups in total. The molecule has 2 aromatic rings. The van der Waals surface area contributed by atoms with Crippen LogP contribution in [0.15, 0.2) is 35.5 Å². The molecule has 0 aromatic carbocycles. The molecule has 0 unspecified atom stereocenters. The van der Waals surface area contributed by atoms with Gasteiger partial charge in [-0.25, -0.2) is 9.97 Å². The highest BCUT2D eigenvalue weighted by Gasteiger charge is 2.02. The summed E-state index contributed by atoms with van der Waals surface area (Å²) in [7, 11) is 0. The zero-order valence-electron chi connectivity index (χ0n) is 7.69. The van der Waals surface area contributed by atoms with E-state index in [-0.39, 0.29) is 5.56 Å². The molecule has 4 nitrogen and oxygen atoms in total. The van der Waals surface area contributed by atoms with Gasteiger partial charge in [0, 0.05) is 23.5 Å². The van der Waals surface area contributed by atoms with E-state index >= 15 is 0 Å². The van der Waals surface area contributed by atoms with Crippen molar-refractivity contribution in [2.45, 2.75) is 6.92 Å². The van der Waals surface area contributed by atoms with Crippen molar-refractivity contribution in [1.29, 1.82) is 0 Å². The van der Waals surface area contributed by atoms with Gasteiger partial charge in [0.25, 0.3) is 0 Å². The number of rotatable bonds is 1. The van der Waals surface area contributed by atoms with E-state index in [1.54, 1.807) is 18.3 Å². The number of pyridine rings is 1. The molecule has 0 saturated heterocycles. The highest BCUT2D eigenvalue weighted by Crippen LogP contribution is 2.16. The molecule has 4 heteroatoms. The third kappa shape index (κ3) is 1.54. The summed E-state index contributed by atoms with van der Waals surface area (Å²) in [4.78, 5) is 21.6. The van der Waals surface area contributed by atoms with Crippen LogP contribution in [-0.2, 0) is 0 Å². The number of hydrogen-bond acceptors (Lipinski definition) is 3. The van der Waals surface area contributed by atoms with Gasteiger partial charge in [-0.2, -0.15) is 0 Å². The second-order valence-corrected chi connectivity index (χ2v) is 2.96.